The lowest BCUT2D eigenvalue weighted by molar-refractivity contribution is 0.0378. The molecule has 1 aromatic carbocycles. The number of anilines is 1. The third-order valence-corrected chi connectivity index (χ3v) is 5.68. The number of fused-ring (bicyclic) bond motifs is 1. The van der Waals surface area contributed by atoms with Crippen molar-refractivity contribution in [2.24, 2.45) is 0 Å². The van der Waals surface area contributed by atoms with E-state index in [0.29, 0.717) is 5.95 Å². The Hall–Kier alpha value is -3.16. The number of hydrogen-bond donors (Lipinski definition) is 2. The molecule has 7 heteroatoms. The van der Waals surface area contributed by atoms with Crippen LogP contribution in [-0.2, 0) is 4.74 Å². The molecule has 4 aromatic rings. The monoisotopic (exact) mass is 417 g/mol. The average molecular weight is 418 g/mol. The minimum Gasteiger partial charge on any atom is -0.460 e. The highest BCUT2D eigenvalue weighted by molar-refractivity contribution is 5.98. The molecule has 0 saturated carbocycles. The van der Waals surface area contributed by atoms with E-state index in [9.17, 15) is 0 Å². The first-order valence-corrected chi connectivity index (χ1v) is 10.8. The molecule has 1 aliphatic rings. The van der Waals surface area contributed by atoms with Gasteiger partial charge in [-0.2, -0.15) is 0 Å². The summed E-state index contributed by atoms with van der Waals surface area (Å²) in [5.74, 6) is 2.23. The molecule has 1 fully saturated rings. The second-order valence-electron chi connectivity index (χ2n) is 7.85. The van der Waals surface area contributed by atoms with Crippen molar-refractivity contribution in [3.63, 3.8) is 0 Å². The Balaban J connectivity index is 1.38. The number of aromatic nitrogens is 3. The van der Waals surface area contributed by atoms with Crippen LogP contribution in [0.2, 0.25) is 0 Å². The summed E-state index contributed by atoms with van der Waals surface area (Å²) >= 11 is 0. The van der Waals surface area contributed by atoms with Gasteiger partial charge in [0.15, 0.2) is 5.76 Å². The predicted molar refractivity (Wildman–Crippen MR) is 122 cm³/mol. The number of H-pyrrole nitrogens is 1. The van der Waals surface area contributed by atoms with Gasteiger partial charge in [-0.1, -0.05) is 18.2 Å². The maximum absolute atomic E-state index is 5.93. The minimum atomic E-state index is 0.620. The molecule has 0 spiro atoms. The van der Waals surface area contributed by atoms with Gasteiger partial charge in [-0.15, -0.1) is 0 Å². The molecule has 0 radical (unpaired) electrons. The van der Waals surface area contributed by atoms with E-state index in [4.69, 9.17) is 14.1 Å². The van der Waals surface area contributed by atoms with Gasteiger partial charge in [0.2, 0.25) is 5.95 Å². The zero-order valence-electron chi connectivity index (χ0n) is 17.7. The van der Waals surface area contributed by atoms with Crippen molar-refractivity contribution in [3.8, 4) is 22.6 Å². The first-order valence-electron chi connectivity index (χ1n) is 10.8. The maximum Gasteiger partial charge on any atom is 0.223 e. The number of nitrogens with one attached hydrogen (secondary N) is 2. The second-order valence-corrected chi connectivity index (χ2v) is 7.85. The van der Waals surface area contributed by atoms with E-state index in [0.717, 1.165) is 85.1 Å². The quantitative estimate of drug-likeness (QED) is 0.436. The molecule has 0 unspecified atom stereocenters. The highest BCUT2D eigenvalue weighted by Crippen LogP contribution is 2.35. The standard InChI is InChI=1S/C24H27N5O2/c1-17-7-8-22(31-17)23-20(19-15-26-21-6-3-2-5-18(19)21)16-27-24(28-23)25-9-4-10-29-11-13-30-14-12-29/h2-3,5-8,15-16,26H,4,9-14H2,1H3,(H,25,27,28). The van der Waals surface area contributed by atoms with E-state index in [1.54, 1.807) is 0 Å². The van der Waals surface area contributed by atoms with Gasteiger partial charge in [0.05, 0.1) is 13.2 Å². The first kappa shape index (κ1) is 19.8. The van der Waals surface area contributed by atoms with Crippen LogP contribution in [0, 0.1) is 6.92 Å². The Morgan fingerprint density at radius 1 is 1.10 bits per heavy atom. The highest BCUT2D eigenvalue weighted by atomic mass is 16.5. The molecule has 0 amide bonds. The van der Waals surface area contributed by atoms with Crippen LogP contribution in [0.1, 0.15) is 12.2 Å². The van der Waals surface area contributed by atoms with Gasteiger partial charge in [-0.3, -0.25) is 4.90 Å². The predicted octanol–water partition coefficient (Wildman–Crippen LogP) is 4.33. The molecule has 7 nitrogen and oxygen atoms in total. The third-order valence-electron chi connectivity index (χ3n) is 5.68. The number of aromatic amines is 1. The van der Waals surface area contributed by atoms with Gasteiger partial charge in [-0.25, -0.2) is 9.97 Å². The van der Waals surface area contributed by atoms with Gasteiger partial charge in [0.1, 0.15) is 11.5 Å². The number of ether oxygens (including phenoxy) is 1. The van der Waals surface area contributed by atoms with Crippen molar-refractivity contribution >= 4 is 16.9 Å². The molecule has 1 aliphatic heterocycles. The van der Waals surface area contributed by atoms with Crippen LogP contribution in [0.5, 0.6) is 0 Å². The summed E-state index contributed by atoms with van der Waals surface area (Å²) in [6.45, 7) is 7.50. The summed E-state index contributed by atoms with van der Waals surface area (Å²) in [6, 6.07) is 12.2. The van der Waals surface area contributed by atoms with Gasteiger partial charge in [0.25, 0.3) is 0 Å². The first-order chi connectivity index (χ1) is 15.3. The summed E-state index contributed by atoms with van der Waals surface area (Å²) in [7, 11) is 0. The summed E-state index contributed by atoms with van der Waals surface area (Å²) < 4.78 is 11.3. The second kappa shape index (κ2) is 8.91. The SMILES string of the molecule is Cc1ccc(-c2nc(NCCCN3CCOCC3)ncc2-c2c[nH]c3ccccc23)o1. The number of para-hydroxylation sites is 1. The molecule has 0 bridgehead atoms. The van der Waals surface area contributed by atoms with E-state index in [1.807, 2.05) is 43.6 Å². The molecule has 5 rings (SSSR count). The van der Waals surface area contributed by atoms with E-state index in [1.165, 1.54) is 0 Å². The van der Waals surface area contributed by atoms with Gasteiger partial charge < -0.3 is 19.5 Å². The Morgan fingerprint density at radius 2 is 1.97 bits per heavy atom. The molecule has 0 aliphatic carbocycles. The Bertz CT molecular complexity index is 1160. The van der Waals surface area contributed by atoms with Crippen molar-refractivity contribution in [1.29, 1.82) is 0 Å². The largest absolute Gasteiger partial charge is 0.460 e. The Kier molecular flexibility index (Phi) is 5.69. The van der Waals surface area contributed by atoms with E-state index >= 15 is 0 Å². The molecular weight excluding hydrogens is 390 g/mol. The molecule has 31 heavy (non-hydrogen) atoms. The molecule has 4 heterocycles. The van der Waals surface area contributed by atoms with Crippen molar-refractivity contribution in [1.82, 2.24) is 19.9 Å². The summed E-state index contributed by atoms with van der Waals surface area (Å²) in [4.78, 5) is 15.2. The normalized spacial score (nSPS) is 14.9. The number of morpholine rings is 1. The summed E-state index contributed by atoms with van der Waals surface area (Å²) in [5, 5.41) is 4.52. The number of nitrogens with zero attached hydrogens (tertiary/aromatic N) is 3. The van der Waals surface area contributed by atoms with Gasteiger partial charge in [-0.05, 0) is 38.1 Å². The Labute approximate surface area is 181 Å². The van der Waals surface area contributed by atoms with E-state index in [2.05, 4.69) is 32.3 Å². The van der Waals surface area contributed by atoms with Crippen LogP contribution in [0.3, 0.4) is 0 Å². The molecule has 160 valence electrons. The fourth-order valence-electron chi connectivity index (χ4n) is 4.04. The zero-order chi connectivity index (χ0) is 21.0. The van der Waals surface area contributed by atoms with Gasteiger partial charge >= 0.3 is 0 Å². The highest BCUT2D eigenvalue weighted by Gasteiger charge is 2.17. The number of aryl methyl sites for hydroxylation is 1. The van der Waals surface area contributed by atoms with Crippen molar-refractivity contribution < 1.29 is 9.15 Å². The van der Waals surface area contributed by atoms with E-state index in [-0.39, 0.29) is 0 Å². The smallest absolute Gasteiger partial charge is 0.223 e. The fraction of sp³-hybridized carbons (Fsp3) is 0.333. The zero-order valence-corrected chi connectivity index (χ0v) is 17.7. The molecule has 3 aromatic heterocycles. The van der Waals surface area contributed by atoms with Crippen molar-refractivity contribution in [3.05, 3.63) is 54.6 Å². The molecule has 2 N–H and O–H groups in total. The third kappa shape index (κ3) is 4.33. The van der Waals surface area contributed by atoms with Crippen LogP contribution in [0.4, 0.5) is 5.95 Å². The summed E-state index contributed by atoms with van der Waals surface area (Å²) in [6.07, 6.45) is 4.93. The molecule has 1 saturated heterocycles. The lowest BCUT2D eigenvalue weighted by atomic mass is 10.0. The number of rotatable bonds is 7. The van der Waals surface area contributed by atoms with E-state index < -0.39 is 0 Å². The minimum absolute atomic E-state index is 0.620. The number of benzene rings is 1. The Morgan fingerprint density at radius 3 is 2.81 bits per heavy atom. The molecule has 0 atom stereocenters. The van der Waals surface area contributed by atoms with Crippen LogP contribution < -0.4 is 5.32 Å². The topological polar surface area (TPSA) is 79.2 Å². The van der Waals surface area contributed by atoms with Crippen molar-refractivity contribution in [2.45, 2.75) is 13.3 Å². The van der Waals surface area contributed by atoms with Crippen molar-refractivity contribution in [2.75, 3.05) is 44.7 Å². The lowest BCUT2D eigenvalue weighted by Crippen LogP contribution is -2.37. The molecular formula is C24H27N5O2. The summed E-state index contributed by atoms with van der Waals surface area (Å²) in [5.41, 5.74) is 3.90. The number of furan rings is 1. The number of hydrogen-bond acceptors (Lipinski definition) is 6. The average Bonchev–Trinajstić information content (AvgIpc) is 3.44. The van der Waals surface area contributed by atoms with Crippen LogP contribution in [0.15, 0.2) is 53.2 Å². The van der Waals surface area contributed by atoms with Gasteiger partial charge in [0, 0.05) is 54.1 Å². The maximum atomic E-state index is 5.93. The lowest BCUT2D eigenvalue weighted by Gasteiger charge is -2.26. The van der Waals surface area contributed by atoms with Crippen LogP contribution in [0.25, 0.3) is 33.5 Å². The van der Waals surface area contributed by atoms with Crippen LogP contribution in [-0.4, -0.2) is 59.2 Å². The van der Waals surface area contributed by atoms with Crippen LogP contribution >= 0.6 is 0 Å². The fourth-order valence-corrected chi connectivity index (χ4v) is 4.04.